The van der Waals surface area contributed by atoms with Gasteiger partial charge in [-0.05, 0) is 36.4 Å². The first-order valence-corrected chi connectivity index (χ1v) is 9.27. The molecule has 0 saturated carbocycles. The molecule has 0 saturated heterocycles. The molecule has 0 radical (unpaired) electrons. The van der Waals surface area contributed by atoms with E-state index in [-0.39, 0.29) is 23.9 Å². The number of nitrogens with zero attached hydrogens (tertiary/aromatic N) is 4. The van der Waals surface area contributed by atoms with E-state index in [9.17, 15) is 18.0 Å². The molecule has 1 atom stereocenters. The van der Waals surface area contributed by atoms with Crippen molar-refractivity contribution in [3.63, 3.8) is 0 Å². The zero-order chi connectivity index (χ0) is 21.3. The Balaban J connectivity index is 1.53. The summed E-state index contributed by atoms with van der Waals surface area (Å²) in [5.41, 5.74) is 1.64. The zero-order valence-electron chi connectivity index (χ0n) is 16.0. The molecule has 2 aromatic heterocycles. The van der Waals surface area contributed by atoms with Crippen molar-refractivity contribution in [2.75, 3.05) is 6.54 Å². The van der Waals surface area contributed by atoms with Gasteiger partial charge in [0.15, 0.2) is 0 Å². The number of benzene rings is 2. The third kappa shape index (κ3) is 3.66. The second-order valence-electron chi connectivity index (χ2n) is 6.84. The van der Waals surface area contributed by atoms with Crippen LogP contribution in [0.25, 0.3) is 16.7 Å². The molecule has 1 N–H and O–H groups in total. The van der Waals surface area contributed by atoms with Gasteiger partial charge in [0.05, 0.1) is 23.6 Å². The van der Waals surface area contributed by atoms with E-state index in [1.165, 1.54) is 41.4 Å². The SMILES string of the molecule is C[C@@H](CNC(=O)c1cncn1-c1ccc(F)cc1)c1nc2ccccc2n1C(F)F. The topological polar surface area (TPSA) is 64.7 Å². The highest BCUT2D eigenvalue weighted by atomic mass is 19.3. The van der Waals surface area contributed by atoms with E-state index in [4.69, 9.17) is 0 Å². The summed E-state index contributed by atoms with van der Waals surface area (Å²) in [4.78, 5) is 21.0. The molecule has 1 amide bonds. The highest BCUT2D eigenvalue weighted by Crippen LogP contribution is 2.27. The predicted molar refractivity (Wildman–Crippen MR) is 105 cm³/mol. The van der Waals surface area contributed by atoms with Crippen molar-refractivity contribution in [2.24, 2.45) is 0 Å². The van der Waals surface area contributed by atoms with Gasteiger partial charge in [-0.1, -0.05) is 19.1 Å². The van der Waals surface area contributed by atoms with E-state index < -0.39 is 18.4 Å². The van der Waals surface area contributed by atoms with Crippen molar-refractivity contribution >= 4 is 16.9 Å². The molecule has 0 spiro atoms. The third-order valence-corrected chi connectivity index (χ3v) is 4.80. The largest absolute Gasteiger partial charge is 0.350 e. The molecule has 0 fully saturated rings. The number of carbonyl (C=O) groups is 1. The first kappa shape index (κ1) is 19.7. The molecule has 0 unspecified atom stereocenters. The lowest BCUT2D eigenvalue weighted by Crippen LogP contribution is -2.30. The molecular weight excluding hydrogens is 395 g/mol. The first-order chi connectivity index (χ1) is 14.5. The van der Waals surface area contributed by atoms with Crippen molar-refractivity contribution in [1.29, 1.82) is 0 Å². The lowest BCUT2D eigenvalue weighted by molar-refractivity contribution is 0.0703. The molecule has 4 aromatic rings. The van der Waals surface area contributed by atoms with Gasteiger partial charge in [0.2, 0.25) is 0 Å². The van der Waals surface area contributed by atoms with Crippen LogP contribution in [0.2, 0.25) is 0 Å². The van der Waals surface area contributed by atoms with Crippen molar-refractivity contribution in [3.8, 4) is 5.69 Å². The quantitative estimate of drug-likeness (QED) is 0.513. The summed E-state index contributed by atoms with van der Waals surface area (Å²) in [5, 5.41) is 2.74. The highest BCUT2D eigenvalue weighted by Gasteiger charge is 2.23. The van der Waals surface area contributed by atoms with E-state index in [0.717, 1.165) is 4.57 Å². The number of para-hydroxylation sites is 2. The summed E-state index contributed by atoms with van der Waals surface area (Å²) in [7, 11) is 0. The van der Waals surface area contributed by atoms with Crippen molar-refractivity contribution in [2.45, 2.75) is 19.4 Å². The Morgan fingerprint density at radius 3 is 2.60 bits per heavy atom. The van der Waals surface area contributed by atoms with Gasteiger partial charge < -0.3 is 5.32 Å². The number of fused-ring (bicyclic) bond motifs is 1. The van der Waals surface area contributed by atoms with Crippen molar-refractivity contribution in [1.82, 2.24) is 24.4 Å². The van der Waals surface area contributed by atoms with E-state index in [1.807, 2.05) is 0 Å². The number of aromatic nitrogens is 4. The number of hydrogen-bond donors (Lipinski definition) is 1. The van der Waals surface area contributed by atoms with E-state index in [1.54, 1.807) is 31.2 Å². The number of imidazole rings is 2. The van der Waals surface area contributed by atoms with Crippen LogP contribution in [0.3, 0.4) is 0 Å². The van der Waals surface area contributed by atoms with Crippen LogP contribution >= 0.6 is 0 Å². The number of rotatable bonds is 6. The Hall–Kier alpha value is -3.62. The Labute approximate surface area is 170 Å². The van der Waals surface area contributed by atoms with E-state index in [2.05, 4.69) is 15.3 Å². The highest BCUT2D eigenvalue weighted by molar-refractivity contribution is 5.93. The summed E-state index contributed by atoms with van der Waals surface area (Å²) in [6.45, 7) is -0.924. The molecule has 4 rings (SSSR count). The van der Waals surface area contributed by atoms with Crippen LogP contribution in [0.1, 0.15) is 35.7 Å². The standard InChI is InChI=1S/C21H18F3N5O/c1-13(19-27-16-4-2-3-5-17(16)29(19)21(23)24)10-26-20(30)18-11-25-12-28(18)15-8-6-14(22)7-9-15/h2-9,11-13,21H,10H2,1H3,(H,26,30)/t13-/m0/s1. The average molecular weight is 413 g/mol. The number of amides is 1. The Morgan fingerprint density at radius 2 is 1.87 bits per heavy atom. The first-order valence-electron chi connectivity index (χ1n) is 9.27. The minimum absolute atomic E-state index is 0.101. The fourth-order valence-corrected chi connectivity index (χ4v) is 3.31. The van der Waals surface area contributed by atoms with Gasteiger partial charge in [0.1, 0.15) is 17.3 Å². The Morgan fingerprint density at radius 1 is 1.13 bits per heavy atom. The molecular formula is C21H18F3N5O. The summed E-state index contributed by atoms with van der Waals surface area (Å²) < 4.78 is 42.8. The zero-order valence-corrected chi connectivity index (χ0v) is 16.0. The maximum Gasteiger partial charge on any atom is 0.320 e. The van der Waals surface area contributed by atoms with Crippen LogP contribution in [0.4, 0.5) is 13.2 Å². The summed E-state index contributed by atoms with van der Waals surface area (Å²) in [5.74, 6) is -1.08. The minimum Gasteiger partial charge on any atom is -0.350 e. The van der Waals surface area contributed by atoms with Crippen LogP contribution < -0.4 is 5.32 Å². The van der Waals surface area contributed by atoms with E-state index >= 15 is 0 Å². The van der Waals surface area contributed by atoms with Crippen LogP contribution in [-0.4, -0.2) is 31.6 Å². The average Bonchev–Trinajstić information content (AvgIpc) is 3.37. The fraction of sp³-hybridized carbons (Fsp3) is 0.190. The molecule has 2 heterocycles. The molecule has 0 bridgehead atoms. The van der Waals surface area contributed by atoms with Gasteiger partial charge in [0, 0.05) is 18.2 Å². The number of carbonyl (C=O) groups excluding carboxylic acids is 1. The molecule has 30 heavy (non-hydrogen) atoms. The van der Waals surface area contributed by atoms with Crippen molar-refractivity contribution in [3.05, 3.63) is 78.4 Å². The molecule has 6 nitrogen and oxygen atoms in total. The number of nitrogens with one attached hydrogen (secondary N) is 1. The van der Waals surface area contributed by atoms with Crippen LogP contribution in [0.5, 0.6) is 0 Å². The predicted octanol–water partition coefficient (Wildman–Crippen LogP) is 4.29. The molecule has 9 heteroatoms. The van der Waals surface area contributed by atoms with Crippen molar-refractivity contribution < 1.29 is 18.0 Å². The third-order valence-electron chi connectivity index (χ3n) is 4.80. The normalized spacial score (nSPS) is 12.4. The maximum atomic E-state index is 13.6. The van der Waals surface area contributed by atoms with Gasteiger partial charge in [-0.25, -0.2) is 14.4 Å². The summed E-state index contributed by atoms with van der Waals surface area (Å²) >= 11 is 0. The lowest BCUT2D eigenvalue weighted by atomic mass is 10.1. The number of hydrogen-bond acceptors (Lipinski definition) is 3. The second-order valence-corrected chi connectivity index (χ2v) is 6.84. The van der Waals surface area contributed by atoms with E-state index in [0.29, 0.717) is 16.7 Å². The number of alkyl halides is 2. The summed E-state index contributed by atoms with van der Waals surface area (Å²) in [6.07, 6.45) is 2.83. The van der Waals surface area contributed by atoms with Gasteiger partial charge in [-0.15, -0.1) is 0 Å². The fourth-order valence-electron chi connectivity index (χ4n) is 3.31. The summed E-state index contributed by atoms with van der Waals surface area (Å²) in [6, 6.07) is 12.3. The Kier molecular flexibility index (Phi) is 5.26. The van der Waals surface area contributed by atoms with Crippen LogP contribution in [0.15, 0.2) is 61.1 Å². The van der Waals surface area contributed by atoms with Gasteiger partial charge in [0.25, 0.3) is 5.91 Å². The molecule has 0 aliphatic rings. The smallest absolute Gasteiger partial charge is 0.320 e. The lowest BCUT2D eigenvalue weighted by Gasteiger charge is -2.15. The van der Waals surface area contributed by atoms with Gasteiger partial charge in [-0.3, -0.25) is 13.9 Å². The number of halogens is 3. The molecule has 154 valence electrons. The van der Waals surface area contributed by atoms with Gasteiger partial charge in [-0.2, -0.15) is 8.78 Å². The van der Waals surface area contributed by atoms with Crippen LogP contribution in [-0.2, 0) is 0 Å². The van der Waals surface area contributed by atoms with Crippen LogP contribution in [0, 0.1) is 5.82 Å². The molecule has 0 aliphatic carbocycles. The monoisotopic (exact) mass is 413 g/mol. The van der Waals surface area contributed by atoms with Gasteiger partial charge >= 0.3 is 6.55 Å². The Bertz CT molecular complexity index is 1180. The minimum atomic E-state index is -2.74. The molecule has 0 aliphatic heterocycles. The molecule has 2 aromatic carbocycles. The maximum absolute atomic E-state index is 13.6. The second kappa shape index (κ2) is 8.02.